The van der Waals surface area contributed by atoms with Gasteiger partial charge in [0.2, 0.25) is 0 Å². The maximum atomic E-state index is 11.7. The van der Waals surface area contributed by atoms with Crippen molar-refractivity contribution in [1.82, 2.24) is 5.32 Å². The van der Waals surface area contributed by atoms with Crippen molar-refractivity contribution in [3.05, 3.63) is 0 Å². The van der Waals surface area contributed by atoms with E-state index in [1.165, 1.54) is 0 Å². The fraction of sp³-hybridized carbons (Fsp3) is 0.917. The van der Waals surface area contributed by atoms with E-state index in [1.54, 1.807) is 7.05 Å². The molecule has 1 N–H and O–H groups in total. The average Bonchev–Trinajstić information content (AvgIpc) is 2.28. The molecular weight excluding hydrogens is 206 g/mol. The van der Waals surface area contributed by atoms with Crippen LogP contribution in [0.5, 0.6) is 0 Å². The summed E-state index contributed by atoms with van der Waals surface area (Å²) >= 11 is 0. The number of ether oxygens (including phenoxy) is 2. The Kier molecular flexibility index (Phi) is 5.77. The molecule has 94 valence electrons. The van der Waals surface area contributed by atoms with Gasteiger partial charge in [-0.05, 0) is 26.8 Å². The van der Waals surface area contributed by atoms with E-state index in [0.717, 1.165) is 19.3 Å². The van der Waals surface area contributed by atoms with E-state index in [-0.39, 0.29) is 24.2 Å². The van der Waals surface area contributed by atoms with Crippen LogP contribution in [0.15, 0.2) is 0 Å². The molecule has 1 aliphatic rings. The van der Waals surface area contributed by atoms with Gasteiger partial charge >= 0.3 is 5.97 Å². The molecule has 0 amide bonds. The zero-order valence-electron chi connectivity index (χ0n) is 10.5. The first-order valence-electron chi connectivity index (χ1n) is 6.16. The van der Waals surface area contributed by atoms with Gasteiger partial charge in [0.05, 0.1) is 6.10 Å². The number of cyclic esters (lactones) is 1. The van der Waals surface area contributed by atoms with Crippen LogP contribution in [-0.4, -0.2) is 37.9 Å². The van der Waals surface area contributed by atoms with Crippen LogP contribution in [0, 0.1) is 0 Å². The van der Waals surface area contributed by atoms with E-state index in [2.05, 4.69) is 12.2 Å². The molecule has 16 heavy (non-hydrogen) atoms. The maximum absolute atomic E-state index is 11.7. The van der Waals surface area contributed by atoms with E-state index in [4.69, 9.17) is 9.47 Å². The van der Waals surface area contributed by atoms with Gasteiger partial charge in [-0.3, -0.25) is 4.79 Å². The highest BCUT2D eigenvalue weighted by atomic mass is 16.5. The van der Waals surface area contributed by atoms with Crippen LogP contribution >= 0.6 is 0 Å². The fourth-order valence-corrected chi connectivity index (χ4v) is 2.02. The quantitative estimate of drug-likeness (QED) is 0.745. The monoisotopic (exact) mass is 229 g/mol. The molecule has 1 fully saturated rings. The lowest BCUT2D eigenvalue weighted by atomic mass is 10.1. The minimum absolute atomic E-state index is 0.0574. The molecule has 3 atom stereocenters. The molecule has 1 saturated heterocycles. The highest BCUT2D eigenvalue weighted by molar-refractivity contribution is 5.75. The predicted octanol–water partition coefficient (Wildman–Crippen LogP) is 1.49. The van der Waals surface area contributed by atoms with Crippen molar-refractivity contribution in [2.24, 2.45) is 0 Å². The number of esters is 1. The molecule has 0 aromatic rings. The van der Waals surface area contributed by atoms with Gasteiger partial charge in [-0.15, -0.1) is 0 Å². The Morgan fingerprint density at radius 2 is 2.25 bits per heavy atom. The third-order valence-corrected chi connectivity index (χ3v) is 2.92. The van der Waals surface area contributed by atoms with Crippen LogP contribution in [0.2, 0.25) is 0 Å². The molecule has 0 saturated carbocycles. The van der Waals surface area contributed by atoms with Gasteiger partial charge < -0.3 is 14.8 Å². The van der Waals surface area contributed by atoms with Gasteiger partial charge in [-0.1, -0.05) is 13.3 Å². The number of nitrogens with one attached hydrogen (secondary N) is 1. The molecule has 0 aromatic carbocycles. The summed E-state index contributed by atoms with van der Waals surface area (Å²) in [5.74, 6) is -0.157. The van der Waals surface area contributed by atoms with Gasteiger partial charge in [0.1, 0.15) is 12.1 Å². The average molecular weight is 229 g/mol. The smallest absolute Gasteiger partial charge is 0.323 e. The zero-order chi connectivity index (χ0) is 12.0. The van der Waals surface area contributed by atoms with Crippen LogP contribution < -0.4 is 5.32 Å². The molecular formula is C12H23NO3. The van der Waals surface area contributed by atoms with Crippen molar-refractivity contribution in [3.63, 3.8) is 0 Å². The van der Waals surface area contributed by atoms with Gasteiger partial charge in [0.25, 0.3) is 0 Å². The first kappa shape index (κ1) is 13.5. The van der Waals surface area contributed by atoms with Crippen molar-refractivity contribution in [2.75, 3.05) is 13.7 Å². The van der Waals surface area contributed by atoms with E-state index in [0.29, 0.717) is 13.0 Å². The Morgan fingerprint density at radius 3 is 2.88 bits per heavy atom. The summed E-state index contributed by atoms with van der Waals surface area (Å²) in [7, 11) is 1.78. The third-order valence-electron chi connectivity index (χ3n) is 2.92. The van der Waals surface area contributed by atoms with Crippen molar-refractivity contribution >= 4 is 5.97 Å². The molecule has 0 aliphatic carbocycles. The summed E-state index contributed by atoms with van der Waals surface area (Å²) in [4.78, 5) is 11.7. The highest BCUT2D eigenvalue weighted by Gasteiger charge is 2.25. The number of hydrogen-bond donors (Lipinski definition) is 1. The summed E-state index contributed by atoms with van der Waals surface area (Å²) in [6.07, 6.45) is 3.78. The summed E-state index contributed by atoms with van der Waals surface area (Å²) in [5, 5.41) is 2.96. The highest BCUT2D eigenvalue weighted by Crippen LogP contribution is 2.15. The molecule has 4 nitrogen and oxygen atoms in total. The number of carbonyl (C=O) groups excluding carboxylic acids is 1. The normalized spacial score (nSPS) is 32.4. The molecule has 0 aromatic heterocycles. The van der Waals surface area contributed by atoms with Crippen molar-refractivity contribution < 1.29 is 14.3 Å². The number of rotatable bonds is 3. The minimum atomic E-state index is -0.233. The lowest BCUT2D eigenvalue weighted by Crippen LogP contribution is -2.37. The van der Waals surface area contributed by atoms with Crippen LogP contribution in [0.3, 0.4) is 0 Å². The second kappa shape index (κ2) is 6.86. The molecule has 2 unspecified atom stereocenters. The summed E-state index contributed by atoms with van der Waals surface area (Å²) in [6, 6.07) is -0.233. The lowest BCUT2D eigenvalue weighted by molar-refractivity contribution is -0.151. The second-order valence-corrected chi connectivity index (χ2v) is 4.39. The fourth-order valence-electron chi connectivity index (χ4n) is 2.02. The molecule has 1 aliphatic heterocycles. The Hall–Kier alpha value is -0.610. The van der Waals surface area contributed by atoms with Gasteiger partial charge in [0.15, 0.2) is 0 Å². The van der Waals surface area contributed by atoms with E-state index >= 15 is 0 Å². The van der Waals surface area contributed by atoms with Crippen LogP contribution in [0.25, 0.3) is 0 Å². The van der Waals surface area contributed by atoms with Crippen molar-refractivity contribution in [3.8, 4) is 0 Å². The Morgan fingerprint density at radius 1 is 1.50 bits per heavy atom. The molecule has 1 rings (SSSR count). The van der Waals surface area contributed by atoms with Gasteiger partial charge in [-0.25, -0.2) is 0 Å². The van der Waals surface area contributed by atoms with E-state index in [9.17, 15) is 4.79 Å². The van der Waals surface area contributed by atoms with Gasteiger partial charge in [-0.2, -0.15) is 0 Å². The van der Waals surface area contributed by atoms with Crippen LogP contribution in [-0.2, 0) is 14.3 Å². The minimum Gasteiger partial charge on any atom is -0.461 e. The topological polar surface area (TPSA) is 47.6 Å². The largest absolute Gasteiger partial charge is 0.461 e. The summed E-state index contributed by atoms with van der Waals surface area (Å²) in [6.45, 7) is 4.70. The predicted molar refractivity (Wildman–Crippen MR) is 62.3 cm³/mol. The number of hydrogen-bond acceptors (Lipinski definition) is 4. The number of likely N-dealkylation sites (N-methyl/N-ethyl adjacent to an activating group) is 1. The second-order valence-electron chi connectivity index (χ2n) is 4.39. The maximum Gasteiger partial charge on any atom is 0.323 e. The number of carbonyl (C=O) groups is 1. The zero-order valence-corrected chi connectivity index (χ0v) is 10.5. The molecule has 4 heteroatoms. The van der Waals surface area contributed by atoms with E-state index in [1.807, 2.05) is 6.92 Å². The third kappa shape index (κ3) is 4.10. The molecule has 0 radical (unpaired) electrons. The SMILES string of the molecule is CCCC1CC(C)OC(=O)[C@@H](NC)CCO1. The standard InChI is InChI=1S/C12H23NO3/c1-4-5-10-8-9(2)16-12(14)11(13-3)6-7-15-10/h9-11,13H,4-8H2,1-3H3/t9?,10?,11-/m0/s1. The van der Waals surface area contributed by atoms with E-state index < -0.39 is 0 Å². The molecule has 0 spiro atoms. The van der Waals surface area contributed by atoms with Crippen molar-refractivity contribution in [2.45, 2.75) is 57.8 Å². The van der Waals surface area contributed by atoms with Crippen LogP contribution in [0.1, 0.15) is 39.5 Å². The Bertz CT molecular complexity index is 220. The van der Waals surface area contributed by atoms with Crippen LogP contribution in [0.4, 0.5) is 0 Å². The Labute approximate surface area is 97.7 Å². The molecule has 0 bridgehead atoms. The lowest BCUT2D eigenvalue weighted by Gasteiger charge is -2.19. The first-order chi connectivity index (χ1) is 7.67. The van der Waals surface area contributed by atoms with Gasteiger partial charge in [0, 0.05) is 13.0 Å². The molecule has 1 heterocycles. The summed E-state index contributed by atoms with van der Waals surface area (Å²) < 4.78 is 11.2. The van der Waals surface area contributed by atoms with Crippen molar-refractivity contribution in [1.29, 1.82) is 0 Å². The Balaban J connectivity index is 2.56. The first-order valence-corrected chi connectivity index (χ1v) is 6.16. The summed E-state index contributed by atoms with van der Waals surface area (Å²) in [5.41, 5.74) is 0.